The Labute approximate surface area is 177 Å². The Morgan fingerprint density at radius 3 is 2.63 bits per heavy atom. The highest BCUT2D eigenvalue weighted by molar-refractivity contribution is 7.09. The molecule has 162 valence electrons. The number of piperidine rings is 1. The third kappa shape index (κ3) is 5.94. The van der Waals surface area contributed by atoms with Crippen LogP contribution in [0, 0.1) is 0 Å². The van der Waals surface area contributed by atoms with Crippen molar-refractivity contribution in [2.45, 2.75) is 38.4 Å². The SMILES string of the molecule is CN=C(NCCc1nc(C(F)(F)F)cs1)NCc1ccc(N2CCCCC2=O)cc1. The van der Waals surface area contributed by atoms with E-state index < -0.39 is 11.9 Å². The normalized spacial score (nSPS) is 15.4. The van der Waals surface area contributed by atoms with Crippen LogP contribution >= 0.6 is 11.3 Å². The zero-order valence-electron chi connectivity index (χ0n) is 16.6. The molecule has 1 aliphatic heterocycles. The Kier molecular flexibility index (Phi) is 7.30. The predicted octanol–water partition coefficient (Wildman–Crippen LogP) is 3.59. The lowest BCUT2D eigenvalue weighted by molar-refractivity contribution is -0.140. The molecule has 0 radical (unpaired) electrons. The molecule has 0 spiro atoms. The van der Waals surface area contributed by atoms with Crippen LogP contribution in [0.1, 0.15) is 35.5 Å². The van der Waals surface area contributed by atoms with Gasteiger partial charge in [-0.2, -0.15) is 13.2 Å². The van der Waals surface area contributed by atoms with Gasteiger partial charge in [0.05, 0.1) is 5.01 Å². The maximum Gasteiger partial charge on any atom is 0.434 e. The van der Waals surface area contributed by atoms with E-state index in [1.165, 1.54) is 0 Å². The van der Waals surface area contributed by atoms with Crippen molar-refractivity contribution in [3.63, 3.8) is 0 Å². The number of alkyl halides is 3. The molecule has 2 heterocycles. The summed E-state index contributed by atoms with van der Waals surface area (Å²) >= 11 is 1.000. The van der Waals surface area contributed by atoms with Crippen LogP contribution in [0.5, 0.6) is 0 Å². The summed E-state index contributed by atoms with van der Waals surface area (Å²) in [5.41, 5.74) is 1.09. The molecule has 3 rings (SSSR count). The molecule has 1 saturated heterocycles. The number of anilines is 1. The second-order valence-corrected chi connectivity index (χ2v) is 7.84. The molecule has 2 aromatic rings. The van der Waals surface area contributed by atoms with Crippen molar-refractivity contribution < 1.29 is 18.0 Å². The first-order valence-corrected chi connectivity index (χ1v) is 10.6. The van der Waals surface area contributed by atoms with Gasteiger partial charge < -0.3 is 15.5 Å². The fourth-order valence-corrected chi connectivity index (χ4v) is 3.93. The van der Waals surface area contributed by atoms with Crippen molar-refractivity contribution in [3.8, 4) is 0 Å². The van der Waals surface area contributed by atoms with Gasteiger partial charge in [-0.25, -0.2) is 4.98 Å². The lowest BCUT2D eigenvalue weighted by Crippen LogP contribution is -2.38. The van der Waals surface area contributed by atoms with E-state index in [1.807, 2.05) is 29.2 Å². The smallest absolute Gasteiger partial charge is 0.356 e. The van der Waals surface area contributed by atoms with Crippen molar-refractivity contribution in [1.82, 2.24) is 15.6 Å². The van der Waals surface area contributed by atoms with Gasteiger partial charge in [-0.3, -0.25) is 9.79 Å². The molecule has 1 aliphatic rings. The van der Waals surface area contributed by atoms with Gasteiger partial charge in [0.25, 0.3) is 0 Å². The average molecular weight is 440 g/mol. The van der Waals surface area contributed by atoms with E-state index in [0.29, 0.717) is 36.9 Å². The van der Waals surface area contributed by atoms with E-state index in [2.05, 4.69) is 20.6 Å². The van der Waals surface area contributed by atoms with Crippen molar-refractivity contribution in [1.29, 1.82) is 0 Å². The molecule has 0 aliphatic carbocycles. The molecule has 0 saturated carbocycles. The summed E-state index contributed by atoms with van der Waals surface area (Å²) in [5.74, 6) is 0.720. The van der Waals surface area contributed by atoms with Gasteiger partial charge in [-0.05, 0) is 30.5 Å². The van der Waals surface area contributed by atoms with E-state index in [4.69, 9.17) is 0 Å². The number of halogens is 3. The second kappa shape index (κ2) is 9.92. The number of thiazole rings is 1. The van der Waals surface area contributed by atoms with E-state index in [0.717, 1.165) is 47.4 Å². The van der Waals surface area contributed by atoms with Gasteiger partial charge >= 0.3 is 6.18 Å². The lowest BCUT2D eigenvalue weighted by atomic mass is 10.1. The number of rotatable bonds is 6. The minimum absolute atomic E-state index is 0.166. The number of carbonyl (C=O) groups excluding carboxylic acids is 1. The highest BCUT2D eigenvalue weighted by Crippen LogP contribution is 2.30. The summed E-state index contributed by atoms with van der Waals surface area (Å²) in [6.45, 7) is 1.71. The van der Waals surface area contributed by atoms with E-state index in [-0.39, 0.29) is 5.91 Å². The van der Waals surface area contributed by atoms with Crippen molar-refractivity contribution >= 4 is 28.9 Å². The van der Waals surface area contributed by atoms with Crippen LogP contribution in [-0.2, 0) is 23.9 Å². The fourth-order valence-electron chi connectivity index (χ4n) is 3.12. The summed E-state index contributed by atoms with van der Waals surface area (Å²) in [6, 6.07) is 7.81. The maximum atomic E-state index is 12.6. The third-order valence-electron chi connectivity index (χ3n) is 4.73. The molecular formula is C20H24F3N5OS. The van der Waals surface area contributed by atoms with Gasteiger partial charge in [0, 0.05) is 50.6 Å². The molecule has 0 bridgehead atoms. The number of aromatic nitrogens is 1. The molecule has 1 fully saturated rings. The van der Waals surface area contributed by atoms with Gasteiger partial charge in [0.1, 0.15) is 0 Å². The number of carbonyl (C=O) groups is 1. The standard InChI is InChI=1S/C20H24F3N5OS/c1-24-19(25-10-9-17-27-16(13-30-17)20(21,22)23)26-12-14-5-7-15(8-6-14)28-11-3-2-4-18(28)29/h5-8,13H,2-4,9-12H2,1H3,(H2,24,25,26). The van der Waals surface area contributed by atoms with Crippen LogP contribution < -0.4 is 15.5 Å². The summed E-state index contributed by atoms with van der Waals surface area (Å²) in [6.07, 6.45) is -1.45. The summed E-state index contributed by atoms with van der Waals surface area (Å²) in [7, 11) is 1.63. The number of nitrogens with zero attached hydrogens (tertiary/aromatic N) is 3. The first-order valence-electron chi connectivity index (χ1n) is 9.72. The number of aliphatic imine (C=N–C) groups is 1. The molecule has 10 heteroatoms. The zero-order valence-corrected chi connectivity index (χ0v) is 17.4. The zero-order chi connectivity index (χ0) is 21.6. The number of benzene rings is 1. The van der Waals surface area contributed by atoms with Gasteiger partial charge in [0.15, 0.2) is 11.7 Å². The third-order valence-corrected chi connectivity index (χ3v) is 5.64. The monoisotopic (exact) mass is 439 g/mol. The van der Waals surface area contributed by atoms with Crippen LogP contribution in [0.3, 0.4) is 0 Å². The summed E-state index contributed by atoms with van der Waals surface area (Å²) in [5, 5.41) is 7.70. The first kappa shape index (κ1) is 22.1. The largest absolute Gasteiger partial charge is 0.434 e. The Bertz CT molecular complexity index is 879. The van der Waals surface area contributed by atoms with Gasteiger partial charge in [-0.1, -0.05) is 12.1 Å². The highest BCUT2D eigenvalue weighted by atomic mass is 32.1. The van der Waals surface area contributed by atoms with Crippen molar-refractivity contribution in [3.05, 3.63) is 45.9 Å². The van der Waals surface area contributed by atoms with Crippen LogP contribution in [-0.4, -0.2) is 37.0 Å². The van der Waals surface area contributed by atoms with Crippen LogP contribution in [0.15, 0.2) is 34.6 Å². The molecule has 0 atom stereocenters. The lowest BCUT2D eigenvalue weighted by Gasteiger charge is -2.26. The van der Waals surface area contributed by atoms with E-state index in [1.54, 1.807) is 7.05 Å². The van der Waals surface area contributed by atoms with Crippen LogP contribution in [0.4, 0.5) is 18.9 Å². The van der Waals surface area contributed by atoms with Crippen molar-refractivity contribution in [2.75, 3.05) is 25.0 Å². The topological polar surface area (TPSA) is 69.6 Å². The molecular weight excluding hydrogens is 415 g/mol. The number of nitrogens with one attached hydrogen (secondary N) is 2. The molecule has 2 N–H and O–H groups in total. The average Bonchev–Trinajstić information content (AvgIpc) is 3.21. The Morgan fingerprint density at radius 1 is 1.23 bits per heavy atom. The number of hydrogen-bond donors (Lipinski definition) is 2. The molecule has 1 amide bonds. The molecule has 0 unspecified atom stereocenters. The number of amides is 1. The molecule has 6 nitrogen and oxygen atoms in total. The maximum absolute atomic E-state index is 12.6. The van der Waals surface area contributed by atoms with Gasteiger partial charge in [0.2, 0.25) is 5.91 Å². The predicted molar refractivity (Wildman–Crippen MR) is 112 cm³/mol. The molecule has 30 heavy (non-hydrogen) atoms. The van der Waals surface area contributed by atoms with E-state index in [9.17, 15) is 18.0 Å². The molecule has 1 aromatic carbocycles. The minimum atomic E-state index is -4.41. The molecule has 1 aromatic heterocycles. The Balaban J connectivity index is 1.45. The Morgan fingerprint density at radius 2 is 2.00 bits per heavy atom. The first-order chi connectivity index (χ1) is 14.4. The van der Waals surface area contributed by atoms with Gasteiger partial charge in [-0.15, -0.1) is 11.3 Å². The second-order valence-electron chi connectivity index (χ2n) is 6.90. The van der Waals surface area contributed by atoms with E-state index >= 15 is 0 Å². The summed E-state index contributed by atoms with van der Waals surface area (Å²) in [4.78, 5) is 21.6. The van der Waals surface area contributed by atoms with Crippen molar-refractivity contribution in [2.24, 2.45) is 4.99 Å². The Hall–Kier alpha value is -2.62. The highest BCUT2D eigenvalue weighted by Gasteiger charge is 2.33. The minimum Gasteiger partial charge on any atom is -0.356 e. The fraction of sp³-hybridized carbons (Fsp3) is 0.450. The quantitative estimate of drug-likeness (QED) is 0.533. The van der Waals surface area contributed by atoms with Crippen LogP contribution in [0.2, 0.25) is 0 Å². The van der Waals surface area contributed by atoms with Crippen LogP contribution in [0.25, 0.3) is 0 Å². The number of hydrogen-bond acceptors (Lipinski definition) is 4. The summed E-state index contributed by atoms with van der Waals surface area (Å²) < 4.78 is 37.8. The number of guanidine groups is 1.